The molecule has 0 spiro atoms. The molecule has 0 aromatic heterocycles. The van der Waals surface area contributed by atoms with Gasteiger partial charge in [-0.3, -0.25) is 0 Å². The maximum absolute atomic E-state index is 12.2. The van der Waals surface area contributed by atoms with Gasteiger partial charge in [-0.05, 0) is 12.1 Å². The van der Waals surface area contributed by atoms with Gasteiger partial charge in [0.2, 0.25) is 5.75 Å². The van der Waals surface area contributed by atoms with Crippen LogP contribution in [0.15, 0.2) is 12.1 Å². The third-order valence-corrected chi connectivity index (χ3v) is 4.18. The lowest BCUT2D eigenvalue weighted by Gasteiger charge is -2.18. The lowest BCUT2D eigenvalue weighted by molar-refractivity contribution is 0.0466. The van der Waals surface area contributed by atoms with Crippen molar-refractivity contribution in [2.75, 3.05) is 108 Å². The van der Waals surface area contributed by atoms with Crippen LogP contribution < -0.4 is 14.2 Å². The number of rotatable bonds is 22. The Morgan fingerprint density at radius 3 is 1.32 bits per heavy atom. The highest BCUT2D eigenvalue weighted by Gasteiger charge is 2.19. The fraction of sp³-hybridized carbons (Fsp3) is 0.696. The Kier molecular flexibility index (Phi) is 17.8. The molecule has 0 N–H and O–H groups in total. The fourth-order valence-electron chi connectivity index (χ4n) is 2.53. The molecule has 1 rings (SSSR count). The monoisotopic (exact) mass is 490 g/mol. The van der Waals surface area contributed by atoms with Gasteiger partial charge in [0.05, 0.1) is 72.1 Å². The molecule has 0 heterocycles. The number of ether oxygens (including phenoxy) is 10. The molecule has 0 aliphatic rings. The Labute approximate surface area is 201 Å². The largest absolute Gasteiger partial charge is 0.487 e. The predicted octanol–water partition coefficient (Wildman–Crippen LogP) is 1.60. The molecule has 0 atom stereocenters. The van der Waals surface area contributed by atoms with Crippen molar-refractivity contribution in [1.82, 2.24) is 0 Å². The van der Waals surface area contributed by atoms with Crippen LogP contribution in [0.4, 0.5) is 0 Å². The molecule has 11 nitrogen and oxygen atoms in total. The Morgan fingerprint density at radius 2 is 0.941 bits per heavy atom. The highest BCUT2D eigenvalue weighted by Crippen LogP contribution is 2.39. The minimum atomic E-state index is -0.531. The molecule has 0 saturated carbocycles. The zero-order valence-corrected chi connectivity index (χ0v) is 20.6. The summed E-state index contributed by atoms with van der Waals surface area (Å²) in [5, 5.41) is 0. The third kappa shape index (κ3) is 12.9. The number of carbonyl (C=O) groups excluding carboxylic acids is 1. The summed E-state index contributed by atoms with van der Waals surface area (Å²) < 4.78 is 53.7. The quantitative estimate of drug-likeness (QED) is 0.175. The number of benzene rings is 1. The Morgan fingerprint density at radius 1 is 0.559 bits per heavy atom. The van der Waals surface area contributed by atoms with Crippen molar-refractivity contribution >= 4 is 5.97 Å². The van der Waals surface area contributed by atoms with Gasteiger partial charge >= 0.3 is 5.97 Å². The van der Waals surface area contributed by atoms with Crippen LogP contribution in [0.25, 0.3) is 0 Å². The first-order chi connectivity index (χ1) is 16.7. The third-order valence-electron chi connectivity index (χ3n) is 4.18. The maximum Gasteiger partial charge on any atom is 0.338 e. The van der Waals surface area contributed by atoms with E-state index in [0.717, 1.165) is 0 Å². The van der Waals surface area contributed by atoms with E-state index in [1.807, 2.05) is 0 Å². The second kappa shape index (κ2) is 20.2. The van der Waals surface area contributed by atoms with Crippen LogP contribution in [-0.2, 0) is 33.2 Å². The first kappa shape index (κ1) is 29.9. The first-order valence-electron chi connectivity index (χ1n) is 11.0. The summed E-state index contributed by atoms with van der Waals surface area (Å²) in [4.78, 5) is 12.2. The lowest BCUT2D eigenvalue weighted by Crippen LogP contribution is -2.15. The van der Waals surface area contributed by atoms with Crippen LogP contribution in [0, 0.1) is 0 Å². The average Bonchev–Trinajstić information content (AvgIpc) is 2.85. The normalized spacial score (nSPS) is 10.8. The molecular formula is C23H38O11. The average molecular weight is 491 g/mol. The molecule has 0 aliphatic carbocycles. The fourth-order valence-corrected chi connectivity index (χ4v) is 2.53. The summed E-state index contributed by atoms with van der Waals surface area (Å²) in [5.41, 5.74) is 0.261. The second-order valence-corrected chi connectivity index (χ2v) is 6.65. The zero-order chi connectivity index (χ0) is 24.9. The molecule has 196 valence electrons. The molecule has 1 aromatic carbocycles. The smallest absolute Gasteiger partial charge is 0.338 e. The lowest BCUT2D eigenvalue weighted by atomic mass is 10.2. The van der Waals surface area contributed by atoms with Crippen molar-refractivity contribution in [3.8, 4) is 17.2 Å². The van der Waals surface area contributed by atoms with Crippen molar-refractivity contribution in [1.29, 1.82) is 0 Å². The molecule has 11 heteroatoms. The van der Waals surface area contributed by atoms with E-state index in [2.05, 4.69) is 0 Å². The van der Waals surface area contributed by atoms with E-state index in [-0.39, 0.29) is 25.4 Å². The summed E-state index contributed by atoms with van der Waals surface area (Å²) in [7, 11) is 6.11. The van der Waals surface area contributed by atoms with Gasteiger partial charge in [-0.2, -0.15) is 0 Å². The van der Waals surface area contributed by atoms with Gasteiger partial charge in [0.15, 0.2) is 11.5 Å². The van der Waals surface area contributed by atoms with Crippen LogP contribution in [0.5, 0.6) is 17.2 Å². The molecule has 0 fully saturated rings. The highest BCUT2D eigenvalue weighted by atomic mass is 16.6. The van der Waals surface area contributed by atoms with Crippen molar-refractivity contribution in [2.24, 2.45) is 0 Å². The van der Waals surface area contributed by atoms with Crippen LogP contribution in [0.2, 0.25) is 0 Å². The number of carbonyl (C=O) groups is 1. The van der Waals surface area contributed by atoms with Crippen molar-refractivity contribution < 1.29 is 52.2 Å². The van der Waals surface area contributed by atoms with Gasteiger partial charge in [0.1, 0.15) is 19.8 Å². The molecule has 0 unspecified atom stereocenters. The molecule has 0 aliphatic heterocycles. The van der Waals surface area contributed by atoms with Crippen molar-refractivity contribution in [3.63, 3.8) is 0 Å². The molecule has 34 heavy (non-hydrogen) atoms. The van der Waals surface area contributed by atoms with Gasteiger partial charge < -0.3 is 47.4 Å². The molecule has 0 amide bonds. The van der Waals surface area contributed by atoms with Crippen LogP contribution in [0.3, 0.4) is 0 Å². The highest BCUT2D eigenvalue weighted by molar-refractivity contribution is 5.91. The Bertz CT molecular complexity index is 617. The predicted molar refractivity (Wildman–Crippen MR) is 122 cm³/mol. The van der Waals surface area contributed by atoms with E-state index in [1.54, 1.807) is 33.5 Å². The van der Waals surface area contributed by atoms with Crippen LogP contribution in [0.1, 0.15) is 10.4 Å². The van der Waals surface area contributed by atoms with E-state index in [1.165, 1.54) is 7.11 Å². The van der Waals surface area contributed by atoms with Crippen LogP contribution >= 0.6 is 0 Å². The van der Waals surface area contributed by atoms with Gasteiger partial charge in [0, 0.05) is 21.3 Å². The molecule has 0 bridgehead atoms. The summed E-state index contributed by atoms with van der Waals surface area (Å²) in [6.07, 6.45) is 0. The van der Waals surface area contributed by atoms with E-state index in [4.69, 9.17) is 47.4 Å². The molecule has 1 aromatic rings. The minimum absolute atomic E-state index is 0.231. The Hall–Kier alpha value is -2.15. The number of hydrogen-bond donors (Lipinski definition) is 0. The van der Waals surface area contributed by atoms with E-state index >= 15 is 0 Å². The second-order valence-electron chi connectivity index (χ2n) is 6.65. The van der Waals surface area contributed by atoms with Gasteiger partial charge in [-0.15, -0.1) is 0 Å². The van der Waals surface area contributed by atoms with E-state index in [0.29, 0.717) is 76.7 Å². The maximum atomic E-state index is 12.2. The number of esters is 1. The molecular weight excluding hydrogens is 452 g/mol. The number of hydrogen-bond acceptors (Lipinski definition) is 11. The van der Waals surface area contributed by atoms with Gasteiger partial charge in [-0.25, -0.2) is 4.79 Å². The van der Waals surface area contributed by atoms with E-state index in [9.17, 15) is 4.79 Å². The zero-order valence-electron chi connectivity index (χ0n) is 20.6. The van der Waals surface area contributed by atoms with Crippen molar-refractivity contribution in [3.05, 3.63) is 17.7 Å². The first-order valence-corrected chi connectivity index (χ1v) is 11.0. The number of methoxy groups -OCH3 is 4. The summed E-state index contributed by atoms with van der Waals surface area (Å²) in [6.45, 7) is 4.49. The van der Waals surface area contributed by atoms with Gasteiger partial charge in [0.25, 0.3) is 0 Å². The van der Waals surface area contributed by atoms with E-state index < -0.39 is 5.97 Å². The SMILES string of the molecule is COCCOCCOc1cc(C(=O)OC)cc(OCCOCCOC)c1OCCOCCOC. The standard InChI is InChI=1S/C23H38O11/c1-25-5-8-29-11-14-32-20-17-19(23(24)28-4)18-21(33-15-12-30-9-6-26-2)22(20)34-16-13-31-10-7-27-3/h17-18H,5-16H2,1-4H3. The summed E-state index contributed by atoms with van der Waals surface area (Å²) >= 11 is 0. The van der Waals surface area contributed by atoms with Crippen LogP contribution in [-0.4, -0.2) is 114 Å². The summed E-state index contributed by atoms with van der Waals surface area (Å²) in [6, 6.07) is 3.09. The minimum Gasteiger partial charge on any atom is -0.487 e. The van der Waals surface area contributed by atoms with Gasteiger partial charge in [-0.1, -0.05) is 0 Å². The van der Waals surface area contributed by atoms with Crippen molar-refractivity contribution in [2.45, 2.75) is 0 Å². The summed E-state index contributed by atoms with van der Waals surface area (Å²) in [5.74, 6) is 0.462. The molecule has 0 saturated heterocycles. The molecule has 0 radical (unpaired) electrons. The Balaban J connectivity index is 2.91. The topological polar surface area (TPSA) is 109 Å².